The number of thiophene rings is 1. The first-order valence-electron chi connectivity index (χ1n) is 7.85. The van der Waals surface area contributed by atoms with E-state index in [1.165, 1.54) is 23.3 Å². The maximum atomic E-state index is 6.11. The molecule has 0 N–H and O–H groups in total. The van der Waals surface area contributed by atoms with E-state index in [9.17, 15) is 0 Å². The molecular weight excluding hydrogens is 308 g/mol. The monoisotopic (exact) mass is 326 g/mol. The number of aromatic nitrogens is 2. The number of fused-ring (bicyclic) bond motifs is 3. The molecule has 0 saturated carbocycles. The standard InChI is InChI=1S/C18H18N2O2S/c1-11-19-17(22-13-7-5-6-12(10-13)21-2)16-14-8-3-4-9-15(14)23-18(16)20-11/h5-7,10H,3-4,8-9H2,1-2H3. The molecule has 118 valence electrons. The number of methoxy groups -OCH3 is 1. The molecule has 1 aromatic carbocycles. The highest BCUT2D eigenvalue weighted by Gasteiger charge is 2.21. The van der Waals surface area contributed by atoms with Gasteiger partial charge in [-0.15, -0.1) is 11.3 Å². The molecule has 3 aromatic rings. The average molecular weight is 326 g/mol. The molecular formula is C18H18N2O2S. The van der Waals surface area contributed by atoms with Crippen LogP contribution in [0, 0.1) is 6.92 Å². The summed E-state index contributed by atoms with van der Waals surface area (Å²) in [6, 6.07) is 7.62. The Morgan fingerprint density at radius 2 is 1.91 bits per heavy atom. The van der Waals surface area contributed by atoms with Crippen LogP contribution >= 0.6 is 11.3 Å². The Morgan fingerprint density at radius 3 is 2.78 bits per heavy atom. The van der Waals surface area contributed by atoms with E-state index >= 15 is 0 Å². The average Bonchev–Trinajstić information content (AvgIpc) is 2.93. The molecule has 0 aliphatic heterocycles. The van der Waals surface area contributed by atoms with Gasteiger partial charge in [-0.2, -0.15) is 4.98 Å². The summed E-state index contributed by atoms with van der Waals surface area (Å²) < 4.78 is 11.4. The van der Waals surface area contributed by atoms with E-state index in [4.69, 9.17) is 9.47 Å². The third-order valence-corrected chi connectivity index (χ3v) is 5.33. The van der Waals surface area contributed by atoms with E-state index in [2.05, 4.69) is 9.97 Å². The summed E-state index contributed by atoms with van der Waals surface area (Å²) in [5, 5.41) is 1.10. The fourth-order valence-corrected chi connectivity index (χ4v) is 4.37. The van der Waals surface area contributed by atoms with Crippen LogP contribution in [0.4, 0.5) is 0 Å². The first kappa shape index (κ1) is 14.5. The summed E-state index contributed by atoms with van der Waals surface area (Å²) in [5.41, 5.74) is 1.38. The van der Waals surface area contributed by atoms with Gasteiger partial charge in [-0.3, -0.25) is 0 Å². The van der Waals surface area contributed by atoms with Crippen LogP contribution < -0.4 is 9.47 Å². The molecule has 0 bridgehead atoms. The van der Waals surface area contributed by atoms with E-state index in [0.29, 0.717) is 5.88 Å². The zero-order valence-corrected chi connectivity index (χ0v) is 14.1. The lowest BCUT2D eigenvalue weighted by atomic mass is 9.97. The van der Waals surface area contributed by atoms with Crippen molar-refractivity contribution in [3.05, 3.63) is 40.5 Å². The Labute approximate surface area is 139 Å². The summed E-state index contributed by atoms with van der Waals surface area (Å²) in [4.78, 5) is 11.7. The summed E-state index contributed by atoms with van der Waals surface area (Å²) in [6.07, 6.45) is 4.73. The molecule has 2 aromatic heterocycles. The van der Waals surface area contributed by atoms with Gasteiger partial charge >= 0.3 is 0 Å². The smallest absolute Gasteiger partial charge is 0.231 e. The molecule has 0 spiro atoms. The second-order valence-corrected chi connectivity index (χ2v) is 6.83. The SMILES string of the molecule is COc1cccc(Oc2nc(C)nc3sc4c(c23)CCCC4)c1. The van der Waals surface area contributed by atoms with Crippen molar-refractivity contribution in [3.63, 3.8) is 0 Å². The number of nitrogens with zero attached hydrogens (tertiary/aromatic N) is 2. The zero-order chi connectivity index (χ0) is 15.8. The van der Waals surface area contributed by atoms with Crippen LogP contribution in [0.25, 0.3) is 10.2 Å². The quantitative estimate of drug-likeness (QED) is 0.701. The van der Waals surface area contributed by atoms with Gasteiger partial charge in [-0.25, -0.2) is 4.98 Å². The van der Waals surface area contributed by atoms with Crippen molar-refractivity contribution in [2.24, 2.45) is 0 Å². The van der Waals surface area contributed by atoms with Crippen molar-refractivity contribution < 1.29 is 9.47 Å². The maximum Gasteiger partial charge on any atom is 0.231 e. The predicted octanol–water partition coefficient (Wildman–Crippen LogP) is 4.68. The molecule has 0 radical (unpaired) electrons. The van der Waals surface area contributed by atoms with Gasteiger partial charge in [0, 0.05) is 10.9 Å². The Kier molecular flexibility index (Phi) is 3.65. The van der Waals surface area contributed by atoms with Crippen molar-refractivity contribution in [2.45, 2.75) is 32.6 Å². The first-order valence-corrected chi connectivity index (χ1v) is 8.67. The molecule has 0 atom stereocenters. The second-order valence-electron chi connectivity index (χ2n) is 5.75. The summed E-state index contributed by atoms with van der Waals surface area (Å²) in [6.45, 7) is 1.91. The molecule has 0 fully saturated rings. The Hall–Kier alpha value is -2.14. The molecule has 0 unspecified atom stereocenters. The molecule has 0 saturated heterocycles. The number of hydrogen-bond donors (Lipinski definition) is 0. The molecule has 5 heteroatoms. The van der Waals surface area contributed by atoms with Crippen LogP contribution in [0.2, 0.25) is 0 Å². The molecule has 4 rings (SSSR count). The molecule has 4 nitrogen and oxygen atoms in total. The van der Waals surface area contributed by atoms with E-state index in [-0.39, 0.29) is 0 Å². The number of hydrogen-bond acceptors (Lipinski definition) is 5. The minimum absolute atomic E-state index is 0.667. The minimum Gasteiger partial charge on any atom is -0.497 e. The highest BCUT2D eigenvalue weighted by atomic mass is 32.1. The molecule has 2 heterocycles. The van der Waals surface area contributed by atoms with Gasteiger partial charge < -0.3 is 9.47 Å². The lowest BCUT2D eigenvalue weighted by molar-refractivity contribution is 0.408. The topological polar surface area (TPSA) is 44.2 Å². The lowest BCUT2D eigenvalue weighted by Crippen LogP contribution is -2.00. The van der Waals surface area contributed by atoms with Crippen LogP contribution in [0.5, 0.6) is 17.4 Å². The number of benzene rings is 1. The lowest BCUT2D eigenvalue weighted by Gasteiger charge is -2.12. The Bertz CT molecular complexity index is 873. The van der Waals surface area contributed by atoms with E-state index in [1.54, 1.807) is 18.4 Å². The van der Waals surface area contributed by atoms with Gasteiger partial charge in [0.2, 0.25) is 5.88 Å². The van der Waals surface area contributed by atoms with Crippen molar-refractivity contribution in [1.29, 1.82) is 0 Å². The van der Waals surface area contributed by atoms with Gasteiger partial charge in [0.1, 0.15) is 22.2 Å². The molecule has 23 heavy (non-hydrogen) atoms. The van der Waals surface area contributed by atoms with Crippen LogP contribution in [0.15, 0.2) is 24.3 Å². The summed E-state index contributed by atoms with van der Waals surface area (Å²) in [7, 11) is 1.65. The van der Waals surface area contributed by atoms with Crippen molar-refractivity contribution in [3.8, 4) is 17.4 Å². The largest absolute Gasteiger partial charge is 0.497 e. The van der Waals surface area contributed by atoms with Gasteiger partial charge in [0.15, 0.2) is 0 Å². The van der Waals surface area contributed by atoms with Crippen LogP contribution in [-0.2, 0) is 12.8 Å². The van der Waals surface area contributed by atoms with Crippen molar-refractivity contribution in [2.75, 3.05) is 7.11 Å². The minimum atomic E-state index is 0.667. The number of aryl methyl sites for hydroxylation is 3. The summed E-state index contributed by atoms with van der Waals surface area (Å²) >= 11 is 1.79. The van der Waals surface area contributed by atoms with Gasteiger partial charge in [0.25, 0.3) is 0 Å². The van der Waals surface area contributed by atoms with Gasteiger partial charge in [-0.1, -0.05) is 6.07 Å². The normalized spacial score (nSPS) is 13.8. The summed E-state index contributed by atoms with van der Waals surface area (Å²) in [5.74, 6) is 2.92. The Morgan fingerprint density at radius 1 is 1.09 bits per heavy atom. The number of rotatable bonds is 3. The van der Waals surface area contributed by atoms with Crippen molar-refractivity contribution >= 4 is 21.6 Å². The van der Waals surface area contributed by atoms with E-state index in [0.717, 1.165) is 40.4 Å². The maximum absolute atomic E-state index is 6.11. The number of ether oxygens (including phenoxy) is 2. The highest BCUT2D eigenvalue weighted by Crippen LogP contribution is 2.40. The third-order valence-electron chi connectivity index (χ3n) is 4.15. The first-order chi connectivity index (χ1) is 11.2. The van der Waals surface area contributed by atoms with Gasteiger partial charge in [-0.05, 0) is 50.3 Å². The van der Waals surface area contributed by atoms with Crippen LogP contribution in [0.3, 0.4) is 0 Å². The van der Waals surface area contributed by atoms with Crippen molar-refractivity contribution in [1.82, 2.24) is 9.97 Å². The van der Waals surface area contributed by atoms with E-state index < -0.39 is 0 Å². The van der Waals surface area contributed by atoms with Gasteiger partial charge in [0.05, 0.1) is 12.5 Å². The molecule has 1 aliphatic rings. The fourth-order valence-electron chi connectivity index (χ4n) is 3.08. The molecule has 0 amide bonds. The highest BCUT2D eigenvalue weighted by molar-refractivity contribution is 7.18. The Balaban J connectivity index is 1.83. The third kappa shape index (κ3) is 2.65. The fraction of sp³-hybridized carbons (Fsp3) is 0.333. The zero-order valence-electron chi connectivity index (χ0n) is 13.3. The predicted molar refractivity (Wildman–Crippen MR) is 91.9 cm³/mol. The van der Waals surface area contributed by atoms with E-state index in [1.807, 2.05) is 31.2 Å². The van der Waals surface area contributed by atoms with Crippen LogP contribution in [0.1, 0.15) is 29.1 Å². The second kappa shape index (κ2) is 5.81. The molecule has 1 aliphatic carbocycles. The van der Waals surface area contributed by atoms with Crippen LogP contribution in [-0.4, -0.2) is 17.1 Å².